The molecule has 2 nitrogen and oxygen atoms in total. The molecule has 0 heterocycles. The van der Waals surface area contributed by atoms with Crippen LogP contribution in [0.25, 0.3) is 0 Å². The molecule has 0 spiro atoms. The molecule has 1 amide bonds. The van der Waals surface area contributed by atoms with E-state index in [0.29, 0.717) is 6.04 Å². The van der Waals surface area contributed by atoms with Gasteiger partial charge in [-0.15, -0.1) is 12.6 Å². The van der Waals surface area contributed by atoms with Gasteiger partial charge in [0, 0.05) is 16.5 Å². The van der Waals surface area contributed by atoms with Crippen molar-refractivity contribution in [3.8, 4) is 0 Å². The van der Waals surface area contributed by atoms with Gasteiger partial charge in [0.05, 0.1) is 0 Å². The first-order valence-electron chi connectivity index (χ1n) is 7.29. The second-order valence-electron chi connectivity index (χ2n) is 5.53. The summed E-state index contributed by atoms with van der Waals surface area (Å²) in [5.41, 5.74) is 0.730. The SMILES string of the molecule is CCCC1CCC(NC(=O)c2ccc(S)cc2)CC1. The lowest BCUT2D eigenvalue weighted by Crippen LogP contribution is -2.37. The minimum atomic E-state index is 0.0484. The number of nitrogens with one attached hydrogen (secondary N) is 1. The molecule has 0 aromatic heterocycles. The summed E-state index contributed by atoms with van der Waals surface area (Å²) in [7, 11) is 0. The van der Waals surface area contributed by atoms with Crippen molar-refractivity contribution in [3.63, 3.8) is 0 Å². The molecule has 1 fully saturated rings. The number of carbonyl (C=O) groups is 1. The summed E-state index contributed by atoms with van der Waals surface area (Å²) in [5, 5.41) is 3.15. The molecule has 0 saturated heterocycles. The van der Waals surface area contributed by atoms with E-state index in [-0.39, 0.29) is 5.91 Å². The molecule has 0 bridgehead atoms. The fraction of sp³-hybridized carbons (Fsp3) is 0.562. The highest BCUT2D eigenvalue weighted by Gasteiger charge is 2.22. The molecule has 104 valence electrons. The van der Waals surface area contributed by atoms with Gasteiger partial charge in [0.2, 0.25) is 0 Å². The zero-order valence-corrected chi connectivity index (χ0v) is 12.5. The molecule has 1 aliphatic carbocycles. The molecule has 0 atom stereocenters. The van der Waals surface area contributed by atoms with Crippen molar-refractivity contribution in [3.05, 3.63) is 29.8 Å². The third kappa shape index (κ3) is 4.27. The van der Waals surface area contributed by atoms with Gasteiger partial charge in [0.1, 0.15) is 0 Å². The first kappa shape index (κ1) is 14.4. The fourth-order valence-corrected chi connectivity index (χ4v) is 3.03. The molecule has 0 aliphatic heterocycles. The van der Waals surface area contributed by atoms with Crippen molar-refractivity contribution < 1.29 is 4.79 Å². The second kappa shape index (κ2) is 6.99. The zero-order chi connectivity index (χ0) is 13.7. The molecule has 3 heteroatoms. The Morgan fingerprint density at radius 2 is 1.84 bits per heavy atom. The predicted octanol–water partition coefficient (Wildman–Crippen LogP) is 4.06. The minimum Gasteiger partial charge on any atom is -0.349 e. The third-order valence-corrected chi connectivity index (χ3v) is 4.31. The highest BCUT2D eigenvalue weighted by atomic mass is 32.1. The zero-order valence-electron chi connectivity index (χ0n) is 11.6. The average Bonchev–Trinajstić information content (AvgIpc) is 2.42. The topological polar surface area (TPSA) is 29.1 Å². The largest absolute Gasteiger partial charge is 0.349 e. The van der Waals surface area contributed by atoms with Gasteiger partial charge in [-0.25, -0.2) is 0 Å². The van der Waals surface area contributed by atoms with Gasteiger partial charge >= 0.3 is 0 Å². The molecular weight excluding hydrogens is 254 g/mol. The average molecular weight is 277 g/mol. The van der Waals surface area contributed by atoms with Crippen LogP contribution < -0.4 is 5.32 Å². The molecule has 1 aromatic carbocycles. The van der Waals surface area contributed by atoms with E-state index in [1.807, 2.05) is 24.3 Å². The molecule has 1 aromatic rings. The summed E-state index contributed by atoms with van der Waals surface area (Å²) in [4.78, 5) is 13.0. The monoisotopic (exact) mass is 277 g/mol. The Morgan fingerprint density at radius 1 is 1.21 bits per heavy atom. The van der Waals surface area contributed by atoms with Gasteiger partial charge in [-0.3, -0.25) is 4.79 Å². The van der Waals surface area contributed by atoms with Crippen LogP contribution in [-0.2, 0) is 0 Å². The highest BCUT2D eigenvalue weighted by molar-refractivity contribution is 7.80. The van der Waals surface area contributed by atoms with E-state index in [9.17, 15) is 4.79 Å². The lowest BCUT2D eigenvalue weighted by Gasteiger charge is -2.29. The summed E-state index contributed by atoms with van der Waals surface area (Å²) in [6, 6.07) is 7.74. The Hall–Kier alpha value is -0.960. The van der Waals surface area contributed by atoms with E-state index in [2.05, 4.69) is 24.9 Å². The van der Waals surface area contributed by atoms with Crippen LogP contribution in [0.15, 0.2) is 29.2 Å². The van der Waals surface area contributed by atoms with Crippen molar-refractivity contribution in [1.82, 2.24) is 5.32 Å². The molecule has 1 saturated carbocycles. The van der Waals surface area contributed by atoms with Gasteiger partial charge < -0.3 is 5.32 Å². The van der Waals surface area contributed by atoms with Crippen molar-refractivity contribution in [2.75, 3.05) is 0 Å². The maximum Gasteiger partial charge on any atom is 0.251 e. The van der Waals surface area contributed by atoms with Gasteiger partial charge in [0.15, 0.2) is 0 Å². The number of carbonyl (C=O) groups excluding carboxylic acids is 1. The van der Waals surface area contributed by atoms with Crippen LogP contribution in [0, 0.1) is 5.92 Å². The van der Waals surface area contributed by atoms with E-state index in [0.717, 1.165) is 29.2 Å². The second-order valence-corrected chi connectivity index (χ2v) is 6.04. The number of amides is 1. The van der Waals surface area contributed by atoms with Gasteiger partial charge in [-0.05, 0) is 55.9 Å². The lowest BCUT2D eigenvalue weighted by molar-refractivity contribution is 0.0921. The smallest absolute Gasteiger partial charge is 0.251 e. The Morgan fingerprint density at radius 3 is 2.42 bits per heavy atom. The molecule has 1 aliphatic rings. The summed E-state index contributed by atoms with van der Waals surface area (Å²) in [5.74, 6) is 0.925. The molecule has 0 radical (unpaired) electrons. The highest BCUT2D eigenvalue weighted by Crippen LogP contribution is 2.27. The van der Waals surface area contributed by atoms with Crippen molar-refractivity contribution >= 4 is 18.5 Å². The fourth-order valence-electron chi connectivity index (χ4n) is 2.89. The normalized spacial score (nSPS) is 23.1. The molecule has 19 heavy (non-hydrogen) atoms. The van der Waals surface area contributed by atoms with Crippen molar-refractivity contribution in [2.45, 2.75) is 56.4 Å². The summed E-state index contributed by atoms with van der Waals surface area (Å²) in [6.07, 6.45) is 7.38. The summed E-state index contributed by atoms with van der Waals surface area (Å²) >= 11 is 4.23. The minimum absolute atomic E-state index is 0.0484. The van der Waals surface area contributed by atoms with Gasteiger partial charge in [-0.2, -0.15) is 0 Å². The number of thiol groups is 1. The predicted molar refractivity (Wildman–Crippen MR) is 81.8 cm³/mol. The van der Waals surface area contributed by atoms with Crippen LogP contribution in [0.1, 0.15) is 55.8 Å². The van der Waals surface area contributed by atoms with Crippen LogP contribution in [0.3, 0.4) is 0 Å². The summed E-state index contributed by atoms with van der Waals surface area (Å²) in [6.45, 7) is 2.25. The standard InChI is InChI=1S/C16H23NOS/c1-2-3-12-4-8-14(9-5-12)17-16(18)13-6-10-15(19)11-7-13/h6-7,10-12,14,19H,2-5,8-9H2,1H3,(H,17,18). The van der Waals surface area contributed by atoms with Crippen LogP contribution >= 0.6 is 12.6 Å². The Balaban J connectivity index is 1.82. The Labute approximate surface area is 121 Å². The van der Waals surface area contributed by atoms with Crippen LogP contribution in [0.4, 0.5) is 0 Å². The van der Waals surface area contributed by atoms with Crippen LogP contribution in [0.2, 0.25) is 0 Å². The van der Waals surface area contributed by atoms with E-state index in [4.69, 9.17) is 0 Å². The van der Waals surface area contributed by atoms with E-state index >= 15 is 0 Å². The number of hydrogen-bond acceptors (Lipinski definition) is 2. The quantitative estimate of drug-likeness (QED) is 0.798. The van der Waals surface area contributed by atoms with Crippen LogP contribution in [0.5, 0.6) is 0 Å². The van der Waals surface area contributed by atoms with Gasteiger partial charge in [-0.1, -0.05) is 19.8 Å². The molecular formula is C16H23NOS. The van der Waals surface area contributed by atoms with Gasteiger partial charge in [0.25, 0.3) is 5.91 Å². The van der Waals surface area contributed by atoms with E-state index in [1.165, 1.54) is 25.7 Å². The maximum absolute atomic E-state index is 12.1. The first-order chi connectivity index (χ1) is 9.19. The van der Waals surface area contributed by atoms with Crippen molar-refractivity contribution in [2.24, 2.45) is 5.92 Å². The number of rotatable bonds is 4. The Bertz CT molecular complexity index is 407. The Kier molecular flexibility index (Phi) is 5.32. The number of benzene rings is 1. The summed E-state index contributed by atoms with van der Waals surface area (Å²) < 4.78 is 0. The van der Waals surface area contributed by atoms with Crippen LogP contribution in [-0.4, -0.2) is 11.9 Å². The van der Waals surface area contributed by atoms with E-state index < -0.39 is 0 Å². The van der Waals surface area contributed by atoms with Crippen molar-refractivity contribution in [1.29, 1.82) is 0 Å². The molecule has 0 unspecified atom stereocenters. The molecule has 1 N–H and O–H groups in total. The first-order valence-corrected chi connectivity index (χ1v) is 7.73. The molecule has 2 rings (SSSR count). The maximum atomic E-state index is 12.1. The number of hydrogen-bond donors (Lipinski definition) is 2. The lowest BCUT2D eigenvalue weighted by atomic mass is 9.83. The third-order valence-electron chi connectivity index (χ3n) is 4.01. The van der Waals surface area contributed by atoms with E-state index in [1.54, 1.807) is 0 Å².